The van der Waals surface area contributed by atoms with Crippen molar-refractivity contribution in [3.05, 3.63) is 53.9 Å². The van der Waals surface area contributed by atoms with E-state index in [1.54, 1.807) is 36.8 Å². The number of fused-ring (bicyclic) bond motifs is 1. The molecule has 1 aromatic carbocycles. The van der Waals surface area contributed by atoms with Crippen molar-refractivity contribution in [2.24, 2.45) is 0 Å². The maximum atomic E-state index is 12.4. The molecule has 0 atom stereocenters. The second-order valence-electron chi connectivity index (χ2n) is 6.18. The zero-order valence-electron chi connectivity index (χ0n) is 14.6. The fraction of sp³-hybridized carbons (Fsp3) is 0.263. The third-order valence-corrected chi connectivity index (χ3v) is 4.73. The van der Waals surface area contributed by atoms with Crippen LogP contribution in [0.1, 0.15) is 0 Å². The number of pyridine rings is 1. The first kappa shape index (κ1) is 17.5. The molecule has 27 heavy (non-hydrogen) atoms. The van der Waals surface area contributed by atoms with Gasteiger partial charge in [-0.1, -0.05) is 11.6 Å². The van der Waals surface area contributed by atoms with E-state index in [9.17, 15) is 4.79 Å². The molecule has 0 bridgehead atoms. The van der Waals surface area contributed by atoms with Crippen molar-refractivity contribution in [1.29, 1.82) is 0 Å². The fourth-order valence-corrected chi connectivity index (χ4v) is 3.17. The smallest absolute Gasteiger partial charge is 0.260 e. The first-order valence-electron chi connectivity index (χ1n) is 8.67. The molecule has 138 valence electrons. The van der Waals surface area contributed by atoms with Crippen molar-refractivity contribution in [3.8, 4) is 5.75 Å². The van der Waals surface area contributed by atoms with E-state index in [0.29, 0.717) is 37.0 Å². The standard InChI is InChI=1S/C19H18ClN5O2/c20-14-3-5-15(6-4-14)27-12-17(26)24-8-10-25(11-9-24)19-18-16(22-13-23-19)2-1-7-21-18/h1-7,13H,8-12H2. The number of halogens is 1. The minimum Gasteiger partial charge on any atom is -0.484 e. The van der Waals surface area contributed by atoms with Crippen LogP contribution >= 0.6 is 11.6 Å². The molecule has 0 aliphatic carbocycles. The summed E-state index contributed by atoms with van der Waals surface area (Å²) in [7, 11) is 0. The van der Waals surface area contributed by atoms with E-state index in [4.69, 9.17) is 16.3 Å². The number of anilines is 1. The average molecular weight is 384 g/mol. The maximum Gasteiger partial charge on any atom is 0.260 e. The fourth-order valence-electron chi connectivity index (χ4n) is 3.05. The molecule has 0 radical (unpaired) electrons. The van der Waals surface area contributed by atoms with Gasteiger partial charge in [0.1, 0.15) is 17.6 Å². The van der Waals surface area contributed by atoms with Crippen LogP contribution in [0.25, 0.3) is 11.0 Å². The van der Waals surface area contributed by atoms with E-state index in [-0.39, 0.29) is 12.5 Å². The van der Waals surface area contributed by atoms with Gasteiger partial charge in [0.25, 0.3) is 5.91 Å². The number of aromatic nitrogens is 3. The van der Waals surface area contributed by atoms with Crippen molar-refractivity contribution >= 4 is 34.4 Å². The summed E-state index contributed by atoms with van der Waals surface area (Å²) in [5.41, 5.74) is 1.60. The van der Waals surface area contributed by atoms with Crippen molar-refractivity contribution in [1.82, 2.24) is 19.9 Å². The monoisotopic (exact) mass is 383 g/mol. The van der Waals surface area contributed by atoms with Crippen molar-refractivity contribution in [3.63, 3.8) is 0 Å². The maximum absolute atomic E-state index is 12.4. The van der Waals surface area contributed by atoms with Gasteiger partial charge in [0.2, 0.25) is 0 Å². The Kier molecular flexibility index (Phi) is 5.02. The summed E-state index contributed by atoms with van der Waals surface area (Å²) in [6, 6.07) is 10.7. The molecule has 3 heterocycles. The molecule has 0 unspecified atom stereocenters. The van der Waals surface area contributed by atoms with Crippen LogP contribution in [0.15, 0.2) is 48.9 Å². The van der Waals surface area contributed by atoms with Crippen LogP contribution in [-0.4, -0.2) is 58.5 Å². The molecule has 0 saturated carbocycles. The summed E-state index contributed by atoms with van der Waals surface area (Å²) in [5.74, 6) is 1.41. The average Bonchev–Trinajstić information content (AvgIpc) is 2.73. The Bertz CT molecular complexity index is 937. The topological polar surface area (TPSA) is 71.5 Å². The molecular formula is C19H18ClN5O2. The molecule has 0 N–H and O–H groups in total. The SMILES string of the molecule is O=C(COc1ccc(Cl)cc1)N1CCN(c2ncnc3cccnc23)CC1. The van der Waals surface area contributed by atoms with E-state index in [1.807, 2.05) is 17.0 Å². The number of benzene rings is 1. The number of hydrogen-bond acceptors (Lipinski definition) is 6. The Balaban J connectivity index is 1.35. The van der Waals surface area contributed by atoms with E-state index in [0.717, 1.165) is 16.9 Å². The number of hydrogen-bond donors (Lipinski definition) is 0. The second kappa shape index (κ2) is 7.75. The molecule has 1 amide bonds. The molecule has 7 nitrogen and oxygen atoms in total. The molecule has 1 fully saturated rings. The Morgan fingerprint density at radius 2 is 1.81 bits per heavy atom. The highest BCUT2D eigenvalue weighted by atomic mass is 35.5. The predicted molar refractivity (Wildman–Crippen MR) is 103 cm³/mol. The first-order chi connectivity index (χ1) is 13.2. The third-order valence-electron chi connectivity index (χ3n) is 4.48. The highest BCUT2D eigenvalue weighted by Crippen LogP contribution is 2.21. The zero-order valence-corrected chi connectivity index (χ0v) is 15.3. The van der Waals surface area contributed by atoms with Crippen LogP contribution in [0.5, 0.6) is 5.75 Å². The Hall–Kier alpha value is -2.93. The first-order valence-corrected chi connectivity index (χ1v) is 9.05. The van der Waals surface area contributed by atoms with Gasteiger partial charge in [-0.25, -0.2) is 9.97 Å². The summed E-state index contributed by atoms with van der Waals surface area (Å²) in [5, 5.41) is 0.636. The number of amides is 1. The lowest BCUT2D eigenvalue weighted by Crippen LogP contribution is -2.50. The molecule has 1 aliphatic heterocycles. The molecule has 0 spiro atoms. The number of nitrogens with zero attached hydrogens (tertiary/aromatic N) is 5. The largest absolute Gasteiger partial charge is 0.484 e. The van der Waals surface area contributed by atoms with Crippen LogP contribution in [0.4, 0.5) is 5.82 Å². The summed E-state index contributed by atoms with van der Waals surface area (Å²) >= 11 is 5.85. The third kappa shape index (κ3) is 3.93. The van der Waals surface area contributed by atoms with Gasteiger partial charge in [-0.15, -0.1) is 0 Å². The highest BCUT2D eigenvalue weighted by Gasteiger charge is 2.23. The second-order valence-corrected chi connectivity index (χ2v) is 6.62. The van der Waals surface area contributed by atoms with Gasteiger partial charge in [-0.05, 0) is 36.4 Å². The molecular weight excluding hydrogens is 366 g/mol. The molecule has 3 aromatic rings. The number of rotatable bonds is 4. The summed E-state index contributed by atoms with van der Waals surface area (Å²) < 4.78 is 5.55. The van der Waals surface area contributed by atoms with Gasteiger partial charge in [0, 0.05) is 37.4 Å². The van der Waals surface area contributed by atoms with Crippen LogP contribution in [-0.2, 0) is 4.79 Å². The predicted octanol–water partition coefficient (Wildman–Crippen LogP) is 2.41. The minimum absolute atomic E-state index is 0.0135. The van der Waals surface area contributed by atoms with Crippen LogP contribution < -0.4 is 9.64 Å². The molecule has 2 aromatic heterocycles. The number of ether oxygens (including phenoxy) is 1. The summed E-state index contributed by atoms with van der Waals surface area (Å²) in [6.45, 7) is 2.62. The number of piperazine rings is 1. The van der Waals surface area contributed by atoms with Crippen LogP contribution in [0.2, 0.25) is 5.02 Å². The van der Waals surface area contributed by atoms with Gasteiger partial charge in [-0.3, -0.25) is 9.78 Å². The Labute approximate surface area is 161 Å². The van der Waals surface area contributed by atoms with Gasteiger partial charge >= 0.3 is 0 Å². The van der Waals surface area contributed by atoms with Gasteiger partial charge in [0.15, 0.2) is 12.4 Å². The quantitative estimate of drug-likeness (QED) is 0.689. The van der Waals surface area contributed by atoms with Gasteiger partial charge in [-0.2, -0.15) is 0 Å². The summed E-state index contributed by atoms with van der Waals surface area (Å²) in [6.07, 6.45) is 3.29. The van der Waals surface area contributed by atoms with Gasteiger partial charge < -0.3 is 14.5 Å². The summed E-state index contributed by atoms with van der Waals surface area (Å²) in [4.78, 5) is 29.4. The molecule has 8 heteroatoms. The van der Waals surface area contributed by atoms with E-state index in [2.05, 4.69) is 19.9 Å². The lowest BCUT2D eigenvalue weighted by molar-refractivity contribution is -0.133. The zero-order chi connectivity index (χ0) is 18.6. The van der Waals surface area contributed by atoms with Crippen LogP contribution in [0, 0.1) is 0 Å². The van der Waals surface area contributed by atoms with Crippen LogP contribution in [0.3, 0.4) is 0 Å². The number of carbonyl (C=O) groups is 1. The van der Waals surface area contributed by atoms with Crippen molar-refractivity contribution in [2.45, 2.75) is 0 Å². The van der Waals surface area contributed by atoms with E-state index in [1.165, 1.54) is 0 Å². The highest BCUT2D eigenvalue weighted by molar-refractivity contribution is 6.30. The lowest BCUT2D eigenvalue weighted by atomic mass is 10.2. The molecule has 4 rings (SSSR count). The Morgan fingerprint density at radius 1 is 1.04 bits per heavy atom. The lowest BCUT2D eigenvalue weighted by Gasteiger charge is -2.35. The minimum atomic E-state index is -0.0322. The Morgan fingerprint density at radius 3 is 2.59 bits per heavy atom. The van der Waals surface area contributed by atoms with E-state index >= 15 is 0 Å². The normalized spacial score (nSPS) is 14.4. The van der Waals surface area contributed by atoms with Crippen molar-refractivity contribution < 1.29 is 9.53 Å². The van der Waals surface area contributed by atoms with Crippen molar-refractivity contribution in [2.75, 3.05) is 37.7 Å². The molecule has 1 aliphatic rings. The van der Waals surface area contributed by atoms with Gasteiger partial charge in [0.05, 0.1) is 5.52 Å². The number of carbonyl (C=O) groups excluding carboxylic acids is 1. The van der Waals surface area contributed by atoms with E-state index < -0.39 is 0 Å². The molecule has 1 saturated heterocycles.